The van der Waals surface area contributed by atoms with E-state index in [2.05, 4.69) is 26.6 Å². The molecule has 2 N–H and O–H groups in total. The molecular weight excluding hydrogens is 302 g/mol. The highest BCUT2D eigenvalue weighted by Gasteiger charge is 2.18. The van der Waals surface area contributed by atoms with E-state index >= 15 is 0 Å². The van der Waals surface area contributed by atoms with Gasteiger partial charge in [-0.3, -0.25) is 0 Å². The zero-order valence-electron chi connectivity index (χ0n) is 10.3. The highest BCUT2D eigenvalue weighted by molar-refractivity contribution is 9.10. The maximum absolute atomic E-state index is 13.6. The van der Waals surface area contributed by atoms with Gasteiger partial charge in [0.1, 0.15) is 11.6 Å². The number of hydrogen-bond acceptors (Lipinski definition) is 2. The van der Waals surface area contributed by atoms with E-state index in [-0.39, 0.29) is 6.04 Å². The van der Waals surface area contributed by atoms with E-state index < -0.39 is 11.6 Å². The largest absolute Gasteiger partial charge is 0.379 e. The number of anilines is 1. The van der Waals surface area contributed by atoms with Crippen molar-refractivity contribution < 1.29 is 8.78 Å². The van der Waals surface area contributed by atoms with Crippen LogP contribution in [0.1, 0.15) is 26.2 Å². The first-order valence-corrected chi connectivity index (χ1v) is 7.00. The van der Waals surface area contributed by atoms with Gasteiger partial charge in [-0.15, -0.1) is 0 Å². The van der Waals surface area contributed by atoms with Gasteiger partial charge in [-0.2, -0.15) is 0 Å². The maximum atomic E-state index is 13.6. The van der Waals surface area contributed by atoms with E-state index in [4.69, 9.17) is 0 Å². The number of benzene rings is 1. The van der Waals surface area contributed by atoms with Crippen LogP contribution < -0.4 is 10.6 Å². The molecule has 100 valence electrons. The van der Waals surface area contributed by atoms with Crippen molar-refractivity contribution in [3.63, 3.8) is 0 Å². The van der Waals surface area contributed by atoms with Gasteiger partial charge in [0.05, 0.1) is 5.69 Å². The Hall–Kier alpha value is -0.680. The smallest absolute Gasteiger partial charge is 0.150 e. The third kappa shape index (κ3) is 3.42. The third-order valence-electron chi connectivity index (χ3n) is 3.20. The van der Waals surface area contributed by atoms with Gasteiger partial charge in [-0.1, -0.05) is 0 Å². The molecular formula is C13H17BrF2N2. The average Bonchev–Trinajstić information content (AvgIpc) is 2.76. The van der Waals surface area contributed by atoms with Crippen LogP contribution in [0.2, 0.25) is 0 Å². The Bertz CT molecular complexity index is 396. The van der Waals surface area contributed by atoms with Gasteiger partial charge >= 0.3 is 0 Å². The SMILES string of the molecule is CC(CC1CCCN1)Nc1c(F)cc(F)cc1Br. The van der Waals surface area contributed by atoms with Crippen molar-refractivity contribution in [1.29, 1.82) is 0 Å². The van der Waals surface area contributed by atoms with Crippen molar-refractivity contribution in [1.82, 2.24) is 5.32 Å². The molecule has 0 saturated carbocycles. The van der Waals surface area contributed by atoms with Gasteiger partial charge < -0.3 is 10.6 Å². The number of rotatable bonds is 4. The summed E-state index contributed by atoms with van der Waals surface area (Å²) in [5.74, 6) is -1.14. The Morgan fingerprint density at radius 2 is 2.28 bits per heavy atom. The molecule has 0 spiro atoms. The van der Waals surface area contributed by atoms with Crippen LogP contribution in [0.15, 0.2) is 16.6 Å². The van der Waals surface area contributed by atoms with E-state index in [0.717, 1.165) is 19.0 Å². The molecule has 2 unspecified atom stereocenters. The summed E-state index contributed by atoms with van der Waals surface area (Å²) in [5.41, 5.74) is 0.335. The molecule has 0 aliphatic carbocycles. The van der Waals surface area contributed by atoms with Gasteiger partial charge in [-0.05, 0) is 54.7 Å². The maximum Gasteiger partial charge on any atom is 0.150 e. The van der Waals surface area contributed by atoms with Crippen molar-refractivity contribution in [2.24, 2.45) is 0 Å². The Morgan fingerprint density at radius 3 is 2.89 bits per heavy atom. The van der Waals surface area contributed by atoms with Gasteiger partial charge in [0.15, 0.2) is 0 Å². The van der Waals surface area contributed by atoms with Crippen LogP contribution >= 0.6 is 15.9 Å². The predicted molar refractivity (Wildman–Crippen MR) is 72.8 cm³/mol. The lowest BCUT2D eigenvalue weighted by atomic mass is 10.1. The molecule has 2 atom stereocenters. The molecule has 2 rings (SSSR count). The molecule has 0 aromatic heterocycles. The quantitative estimate of drug-likeness (QED) is 0.885. The Kier molecular flexibility index (Phi) is 4.56. The average molecular weight is 319 g/mol. The first kappa shape index (κ1) is 13.7. The van der Waals surface area contributed by atoms with E-state index in [0.29, 0.717) is 16.2 Å². The fourth-order valence-electron chi connectivity index (χ4n) is 2.37. The van der Waals surface area contributed by atoms with Crippen molar-refractivity contribution in [3.8, 4) is 0 Å². The fourth-order valence-corrected chi connectivity index (χ4v) is 2.89. The molecule has 0 bridgehead atoms. The van der Waals surface area contributed by atoms with Crippen LogP contribution in [0.5, 0.6) is 0 Å². The van der Waals surface area contributed by atoms with Crippen LogP contribution in [0.25, 0.3) is 0 Å². The molecule has 5 heteroatoms. The molecule has 18 heavy (non-hydrogen) atoms. The van der Waals surface area contributed by atoms with Gasteiger partial charge in [0.25, 0.3) is 0 Å². The van der Waals surface area contributed by atoms with E-state index in [1.54, 1.807) is 0 Å². The zero-order valence-corrected chi connectivity index (χ0v) is 11.9. The number of halogens is 3. The summed E-state index contributed by atoms with van der Waals surface area (Å²) < 4.78 is 27.0. The van der Waals surface area contributed by atoms with E-state index in [1.807, 2.05) is 6.92 Å². The minimum atomic E-state index is -0.574. The van der Waals surface area contributed by atoms with Crippen molar-refractivity contribution in [2.75, 3.05) is 11.9 Å². The van der Waals surface area contributed by atoms with E-state index in [9.17, 15) is 8.78 Å². The second-order valence-electron chi connectivity index (χ2n) is 4.82. The van der Waals surface area contributed by atoms with Crippen LogP contribution in [0, 0.1) is 11.6 Å². The number of nitrogens with one attached hydrogen (secondary N) is 2. The zero-order chi connectivity index (χ0) is 13.1. The van der Waals surface area contributed by atoms with Crippen LogP contribution in [0.3, 0.4) is 0 Å². The molecule has 1 aromatic rings. The summed E-state index contributed by atoms with van der Waals surface area (Å²) in [7, 11) is 0. The third-order valence-corrected chi connectivity index (χ3v) is 3.82. The monoisotopic (exact) mass is 318 g/mol. The Balaban J connectivity index is 1.99. The highest BCUT2D eigenvalue weighted by Crippen LogP contribution is 2.28. The van der Waals surface area contributed by atoms with Crippen LogP contribution in [-0.2, 0) is 0 Å². The predicted octanol–water partition coefficient (Wildman–Crippen LogP) is 3.67. The Labute approximate surface area is 114 Å². The lowest BCUT2D eigenvalue weighted by molar-refractivity contribution is 0.519. The molecule has 1 aromatic carbocycles. The molecule has 1 heterocycles. The standard InChI is InChI=1S/C13H17BrF2N2/c1-8(5-10-3-2-4-17-10)18-13-11(14)6-9(15)7-12(13)16/h6-8,10,17-18H,2-5H2,1H3. The summed E-state index contributed by atoms with van der Waals surface area (Å²) in [4.78, 5) is 0. The van der Waals surface area contributed by atoms with Gasteiger partial charge in [0, 0.05) is 22.6 Å². The minimum Gasteiger partial charge on any atom is -0.379 e. The van der Waals surface area contributed by atoms with Crippen molar-refractivity contribution >= 4 is 21.6 Å². The summed E-state index contributed by atoms with van der Waals surface area (Å²) >= 11 is 3.18. The number of hydrogen-bond donors (Lipinski definition) is 2. The van der Waals surface area contributed by atoms with Gasteiger partial charge in [0.2, 0.25) is 0 Å². The molecule has 1 fully saturated rings. The highest BCUT2D eigenvalue weighted by atomic mass is 79.9. The second-order valence-corrected chi connectivity index (χ2v) is 5.67. The van der Waals surface area contributed by atoms with Crippen molar-refractivity contribution in [2.45, 2.75) is 38.3 Å². The first-order chi connectivity index (χ1) is 8.56. The molecule has 1 saturated heterocycles. The lowest BCUT2D eigenvalue weighted by Gasteiger charge is -2.20. The van der Waals surface area contributed by atoms with Crippen molar-refractivity contribution in [3.05, 3.63) is 28.2 Å². The summed E-state index contributed by atoms with van der Waals surface area (Å²) in [6.07, 6.45) is 3.30. The summed E-state index contributed by atoms with van der Waals surface area (Å²) in [6.45, 7) is 3.07. The van der Waals surface area contributed by atoms with E-state index in [1.165, 1.54) is 18.9 Å². The van der Waals surface area contributed by atoms with Crippen LogP contribution in [0.4, 0.5) is 14.5 Å². The topological polar surface area (TPSA) is 24.1 Å². The normalized spacial score (nSPS) is 21.0. The summed E-state index contributed by atoms with van der Waals surface area (Å²) in [5, 5.41) is 6.51. The van der Waals surface area contributed by atoms with Crippen LogP contribution in [-0.4, -0.2) is 18.6 Å². The molecule has 1 aliphatic rings. The van der Waals surface area contributed by atoms with Gasteiger partial charge in [-0.25, -0.2) is 8.78 Å². The molecule has 0 amide bonds. The minimum absolute atomic E-state index is 0.136. The molecule has 1 aliphatic heterocycles. The lowest BCUT2D eigenvalue weighted by Crippen LogP contribution is -2.29. The fraction of sp³-hybridized carbons (Fsp3) is 0.538. The molecule has 2 nitrogen and oxygen atoms in total. The molecule has 0 radical (unpaired) electrons. The first-order valence-electron chi connectivity index (χ1n) is 6.20. The Morgan fingerprint density at radius 1 is 1.50 bits per heavy atom. The summed E-state index contributed by atoms with van der Waals surface area (Å²) in [6, 6.07) is 2.80. The second kappa shape index (κ2) is 5.97.